The summed E-state index contributed by atoms with van der Waals surface area (Å²) in [5, 5.41) is 3.60. The Labute approximate surface area is 127 Å². The Morgan fingerprint density at radius 2 is 2.33 bits per heavy atom. The average Bonchev–Trinajstić information content (AvgIpc) is 2.55. The van der Waals surface area contributed by atoms with E-state index < -0.39 is 0 Å². The van der Waals surface area contributed by atoms with Gasteiger partial charge in [0.2, 0.25) is 0 Å². The summed E-state index contributed by atoms with van der Waals surface area (Å²) in [5.74, 6) is 0.791. The molecule has 118 valence electrons. The Balaban J connectivity index is 2.16. The van der Waals surface area contributed by atoms with Crippen molar-refractivity contribution >= 4 is 0 Å². The fourth-order valence-corrected chi connectivity index (χ4v) is 2.70. The highest BCUT2D eigenvalue weighted by Gasteiger charge is 2.28. The molecule has 0 aromatic carbocycles. The molecule has 1 N–H and O–H groups in total. The minimum atomic E-state index is 0.152. The smallest absolute Gasteiger partial charge is 0.137 e. The van der Waals surface area contributed by atoms with Gasteiger partial charge in [0.15, 0.2) is 0 Å². The lowest BCUT2D eigenvalue weighted by molar-refractivity contribution is -0.0456. The molecule has 0 radical (unpaired) electrons. The maximum Gasteiger partial charge on any atom is 0.137 e. The molecular weight excluding hydrogens is 266 g/mol. The molecular formula is C16H27N3O2. The molecule has 5 nitrogen and oxygen atoms in total. The molecule has 1 aliphatic heterocycles. The van der Waals surface area contributed by atoms with E-state index in [1.54, 1.807) is 13.3 Å². The molecule has 21 heavy (non-hydrogen) atoms. The molecule has 0 bridgehead atoms. The van der Waals surface area contributed by atoms with Gasteiger partial charge in [-0.2, -0.15) is 0 Å². The van der Waals surface area contributed by atoms with E-state index in [4.69, 9.17) is 9.47 Å². The number of pyridine rings is 1. The van der Waals surface area contributed by atoms with E-state index in [9.17, 15) is 0 Å². The molecule has 2 atom stereocenters. The summed E-state index contributed by atoms with van der Waals surface area (Å²) >= 11 is 0. The van der Waals surface area contributed by atoms with Crippen molar-refractivity contribution in [2.45, 2.75) is 32.4 Å². The van der Waals surface area contributed by atoms with Crippen molar-refractivity contribution in [2.75, 3.05) is 39.9 Å². The summed E-state index contributed by atoms with van der Waals surface area (Å²) in [7, 11) is 1.67. The number of likely N-dealkylation sites (N-methyl/N-ethyl adjacent to an activating group) is 1. The van der Waals surface area contributed by atoms with Gasteiger partial charge in [-0.25, -0.2) is 0 Å². The highest BCUT2D eigenvalue weighted by molar-refractivity contribution is 5.27. The van der Waals surface area contributed by atoms with Gasteiger partial charge in [-0.15, -0.1) is 0 Å². The Morgan fingerprint density at radius 1 is 1.48 bits per heavy atom. The quantitative estimate of drug-likeness (QED) is 0.831. The van der Waals surface area contributed by atoms with Crippen LogP contribution >= 0.6 is 0 Å². The van der Waals surface area contributed by atoms with Crippen LogP contribution in [-0.2, 0) is 4.74 Å². The van der Waals surface area contributed by atoms with Crippen LogP contribution in [0.2, 0.25) is 0 Å². The third-order valence-electron chi connectivity index (χ3n) is 3.94. The number of ether oxygens (including phenoxy) is 2. The number of methoxy groups -OCH3 is 1. The maximum absolute atomic E-state index is 6.02. The van der Waals surface area contributed by atoms with Crippen LogP contribution in [0.15, 0.2) is 18.5 Å². The molecule has 0 spiro atoms. The molecule has 1 saturated heterocycles. The van der Waals surface area contributed by atoms with E-state index in [0.29, 0.717) is 0 Å². The third-order valence-corrected chi connectivity index (χ3v) is 3.94. The van der Waals surface area contributed by atoms with Crippen molar-refractivity contribution in [2.24, 2.45) is 0 Å². The Hall–Kier alpha value is -1.17. The zero-order valence-electron chi connectivity index (χ0n) is 13.3. The van der Waals surface area contributed by atoms with Gasteiger partial charge >= 0.3 is 0 Å². The normalized spacial score (nSPS) is 21.2. The monoisotopic (exact) mass is 293 g/mol. The fourth-order valence-electron chi connectivity index (χ4n) is 2.70. The van der Waals surface area contributed by atoms with E-state index in [1.807, 2.05) is 6.20 Å². The van der Waals surface area contributed by atoms with Crippen LogP contribution in [0.25, 0.3) is 0 Å². The summed E-state index contributed by atoms with van der Waals surface area (Å²) in [5.41, 5.74) is 1.13. The number of hydrogen-bond donors (Lipinski definition) is 1. The van der Waals surface area contributed by atoms with Gasteiger partial charge in [0.05, 0.1) is 32.1 Å². The number of aromatic nitrogens is 1. The van der Waals surface area contributed by atoms with E-state index in [2.05, 4.69) is 35.1 Å². The van der Waals surface area contributed by atoms with Crippen molar-refractivity contribution in [3.8, 4) is 5.75 Å². The Morgan fingerprint density at radius 3 is 3.05 bits per heavy atom. The first kappa shape index (κ1) is 16.2. The maximum atomic E-state index is 6.02. The standard InChI is InChI=1S/C16H27N3O2/c1-4-6-18-16(13-9-14(20-3)11-17-10-13)15-12-19(5-2)7-8-21-15/h9-11,15-16,18H,4-8,12H2,1-3H3. The zero-order valence-corrected chi connectivity index (χ0v) is 13.3. The van der Waals surface area contributed by atoms with Gasteiger partial charge in [0.25, 0.3) is 0 Å². The second-order valence-electron chi connectivity index (χ2n) is 5.39. The molecule has 1 fully saturated rings. The molecule has 1 aromatic rings. The van der Waals surface area contributed by atoms with Crippen molar-refractivity contribution < 1.29 is 9.47 Å². The zero-order chi connectivity index (χ0) is 15.1. The molecule has 5 heteroatoms. The van der Waals surface area contributed by atoms with Crippen LogP contribution in [0.3, 0.4) is 0 Å². The molecule has 2 heterocycles. The Bertz CT molecular complexity index is 428. The lowest BCUT2D eigenvalue weighted by atomic mass is 10.0. The molecule has 2 unspecified atom stereocenters. The summed E-state index contributed by atoms with van der Waals surface area (Å²) in [6, 6.07) is 2.20. The molecule has 1 aliphatic rings. The number of rotatable bonds is 7. The molecule has 0 amide bonds. The SMILES string of the molecule is CCCNC(c1cncc(OC)c1)C1CN(CC)CCO1. The number of hydrogen-bond acceptors (Lipinski definition) is 5. The van der Waals surface area contributed by atoms with Crippen molar-refractivity contribution in [3.05, 3.63) is 24.0 Å². The average molecular weight is 293 g/mol. The highest BCUT2D eigenvalue weighted by atomic mass is 16.5. The Kier molecular flexibility index (Phi) is 6.42. The molecule has 0 aliphatic carbocycles. The van der Waals surface area contributed by atoms with Crippen molar-refractivity contribution in [3.63, 3.8) is 0 Å². The summed E-state index contributed by atoms with van der Waals surface area (Å²) in [6.07, 6.45) is 4.89. The first-order valence-electron chi connectivity index (χ1n) is 7.84. The minimum Gasteiger partial charge on any atom is -0.495 e. The van der Waals surface area contributed by atoms with Crippen LogP contribution in [0, 0.1) is 0 Å². The van der Waals surface area contributed by atoms with Crippen molar-refractivity contribution in [1.82, 2.24) is 15.2 Å². The lowest BCUT2D eigenvalue weighted by Crippen LogP contribution is -2.48. The topological polar surface area (TPSA) is 46.6 Å². The number of morpholine rings is 1. The number of nitrogens with one attached hydrogen (secondary N) is 1. The van der Waals surface area contributed by atoms with E-state index >= 15 is 0 Å². The van der Waals surface area contributed by atoms with Crippen LogP contribution in [0.4, 0.5) is 0 Å². The second-order valence-corrected chi connectivity index (χ2v) is 5.39. The van der Waals surface area contributed by atoms with Crippen LogP contribution < -0.4 is 10.1 Å². The second kappa shape index (κ2) is 8.32. The highest BCUT2D eigenvalue weighted by Crippen LogP contribution is 2.24. The lowest BCUT2D eigenvalue weighted by Gasteiger charge is -2.37. The van der Waals surface area contributed by atoms with E-state index in [-0.39, 0.29) is 12.1 Å². The predicted octanol–water partition coefficient (Wildman–Crippen LogP) is 1.85. The van der Waals surface area contributed by atoms with Crippen LogP contribution in [0.1, 0.15) is 31.9 Å². The van der Waals surface area contributed by atoms with Gasteiger partial charge in [-0.1, -0.05) is 13.8 Å². The molecule has 1 aromatic heterocycles. The predicted molar refractivity (Wildman–Crippen MR) is 83.7 cm³/mol. The largest absolute Gasteiger partial charge is 0.495 e. The first-order chi connectivity index (χ1) is 10.3. The van der Waals surface area contributed by atoms with Gasteiger partial charge < -0.3 is 14.8 Å². The van der Waals surface area contributed by atoms with E-state index in [1.165, 1.54) is 0 Å². The van der Waals surface area contributed by atoms with Crippen LogP contribution in [-0.4, -0.2) is 55.9 Å². The number of nitrogens with zero attached hydrogens (tertiary/aromatic N) is 2. The molecule has 2 rings (SSSR count). The van der Waals surface area contributed by atoms with Gasteiger partial charge in [-0.05, 0) is 31.1 Å². The summed E-state index contributed by atoms with van der Waals surface area (Å²) in [6.45, 7) is 9.17. The van der Waals surface area contributed by atoms with Crippen LogP contribution in [0.5, 0.6) is 5.75 Å². The summed E-state index contributed by atoms with van der Waals surface area (Å²) < 4.78 is 11.3. The summed E-state index contributed by atoms with van der Waals surface area (Å²) in [4.78, 5) is 6.72. The van der Waals surface area contributed by atoms with Gasteiger partial charge in [-0.3, -0.25) is 9.88 Å². The first-order valence-corrected chi connectivity index (χ1v) is 7.84. The fraction of sp³-hybridized carbons (Fsp3) is 0.688. The minimum absolute atomic E-state index is 0.152. The van der Waals surface area contributed by atoms with E-state index in [0.717, 1.165) is 50.5 Å². The third kappa shape index (κ3) is 4.40. The van der Waals surface area contributed by atoms with Gasteiger partial charge in [0, 0.05) is 19.3 Å². The van der Waals surface area contributed by atoms with Gasteiger partial charge in [0.1, 0.15) is 5.75 Å². The molecule has 0 saturated carbocycles. The van der Waals surface area contributed by atoms with Crippen molar-refractivity contribution in [1.29, 1.82) is 0 Å².